The molecule has 0 saturated carbocycles. The van der Waals surface area contributed by atoms with Crippen LogP contribution in [-0.2, 0) is 0 Å². The van der Waals surface area contributed by atoms with Crippen LogP contribution in [0.15, 0.2) is 12.2 Å². The summed E-state index contributed by atoms with van der Waals surface area (Å²) in [4.78, 5) is 0. The molecule has 0 aliphatic carbocycles. The van der Waals surface area contributed by atoms with Crippen LogP contribution in [-0.4, -0.2) is 11.2 Å². The smallest absolute Gasteiger partial charge is 0.0718 e. The van der Waals surface area contributed by atoms with E-state index in [1.54, 1.807) is 0 Å². The van der Waals surface area contributed by atoms with Gasteiger partial charge in [-0.25, -0.2) is 0 Å². The second-order valence-corrected chi connectivity index (χ2v) is 3.25. The molecular weight excluding hydrogens is 148 g/mol. The Labute approximate surface area is 76.5 Å². The van der Waals surface area contributed by atoms with Crippen LogP contribution in [0.25, 0.3) is 0 Å². The summed E-state index contributed by atoms with van der Waals surface area (Å²) in [7, 11) is 0. The molecule has 0 aromatic carbocycles. The molecule has 0 saturated heterocycles. The molecule has 1 heteroatoms. The number of aliphatic hydroxyl groups is 1. The second-order valence-electron chi connectivity index (χ2n) is 3.25. The van der Waals surface area contributed by atoms with E-state index in [-0.39, 0.29) is 6.10 Å². The first-order chi connectivity index (χ1) is 5.81. The van der Waals surface area contributed by atoms with Crippen molar-refractivity contribution in [2.75, 3.05) is 0 Å². The van der Waals surface area contributed by atoms with E-state index in [1.165, 1.54) is 25.7 Å². The topological polar surface area (TPSA) is 20.2 Å². The van der Waals surface area contributed by atoms with Gasteiger partial charge >= 0.3 is 0 Å². The molecule has 0 rings (SSSR count). The summed E-state index contributed by atoms with van der Waals surface area (Å²) in [6.07, 6.45) is 10.9. The van der Waals surface area contributed by atoms with Gasteiger partial charge in [0.2, 0.25) is 0 Å². The van der Waals surface area contributed by atoms with E-state index >= 15 is 0 Å². The number of hydrogen-bond donors (Lipinski definition) is 1. The van der Waals surface area contributed by atoms with Gasteiger partial charge in [0, 0.05) is 0 Å². The molecule has 0 aliphatic rings. The SMILES string of the molecule is CCCCCCC=CC(O)CC. The molecule has 0 bridgehead atoms. The number of allylic oxidation sites excluding steroid dienone is 1. The molecule has 0 spiro atoms. The average molecular weight is 170 g/mol. The predicted molar refractivity (Wildman–Crippen MR) is 54.2 cm³/mol. The third kappa shape index (κ3) is 7.80. The summed E-state index contributed by atoms with van der Waals surface area (Å²) >= 11 is 0. The maximum absolute atomic E-state index is 9.17. The first-order valence-corrected chi connectivity index (χ1v) is 5.16. The zero-order chi connectivity index (χ0) is 9.23. The first-order valence-electron chi connectivity index (χ1n) is 5.16. The Morgan fingerprint density at radius 3 is 2.50 bits per heavy atom. The molecule has 0 amide bonds. The van der Waals surface area contributed by atoms with Crippen molar-refractivity contribution in [3.63, 3.8) is 0 Å². The van der Waals surface area contributed by atoms with Crippen molar-refractivity contribution in [1.29, 1.82) is 0 Å². The monoisotopic (exact) mass is 170 g/mol. The fourth-order valence-corrected chi connectivity index (χ4v) is 1.08. The molecule has 0 fully saturated rings. The summed E-state index contributed by atoms with van der Waals surface area (Å²) < 4.78 is 0. The molecule has 1 unspecified atom stereocenters. The van der Waals surface area contributed by atoms with E-state index < -0.39 is 0 Å². The van der Waals surface area contributed by atoms with Gasteiger partial charge in [-0.3, -0.25) is 0 Å². The zero-order valence-corrected chi connectivity index (χ0v) is 8.42. The maximum Gasteiger partial charge on any atom is 0.0718 e. The minimum absolute atomic E-state index is 0.226. The standard InChI is InChI=1S/C11H22O/c1-3-5-6-7-8-9-10-11(12)4-2/h9-12H,3-8H2,1-2H3. The van der Waals surface area contributed by atoms with E-state index in [1.807, 2.05) is 13.0 Å². The van der Waals surface area contributed by atoms with Crippen LogP contribution in [0.5, 0.6) is 0 Å². The van der Waals surface area contributed by atoms with Gasteiger partial charge in [-0.2, -0.15) is 0 Å². The molecule has 0 aliphatic heterocycles. The van der Waals surface area contributed by atoms with Crippen LogP contribution in [0.3, 0.4) is 0 Å². The van der Waals surface area contributed by atoms with Crippen molar-refractivity contribution in [2.24, 2.45) is 0 Å². The number of hydrogen-bond acceptors (Lipinski definition) is 1. The Morgan fingerprint density at radius 2 is 1.92 bits per heavy atom. The van der Waals surface area contributed by atoms with Gasteiger partial charge in [-0.1, -0.05) is 45.3 Å². The maximum atomic E-state index is 9.17. The fraction of sp³-hybridized carbons (Fsp3) is 0.818. The van der Waals surface area contributed by atoms with E-state index in [9.17, 15) is 5.11 Å². The lowest BCUT2D eigenvalue weighted by molar-refractivity contribution is 0.219. The molecule has 0 heterocycles. The van der Waals surface area contributed by atoms with E-state index in [2.05, 4.69) is 13.0 Å². The molecule has 1 atom stereocenters. The summed E-state index contributed by atoms with van der Waals surface area (Å²) in [6, 6.07) is 0. The van der Waals surface area contributed by atoms with Crippen molar-refractivity contribution < 1.29 is 5.11 Å². The van der Waals surface area contributed by atoms with Gasteiger partial charge in [0.1, 0.15) is 0 Å². The number of unbranched alkanes of at least 4 members (excludes halogenated alkanes) is 4. The molecule has 1 nitrogen and oxygen atoms in total. The summed E-state index contributed by atoms with van der Waals surface area (Å²) in [5.41, 5.74) is 0. The lowest BCUT2D eigenvalue weighted by Crippen LogP contribution is -1.97. The Hall–Kier alpha value is -0.300. The number of rotatable bonds is 7. The predicted octanol–water partition coefficient (Wildman–Crippen LogP) is 3.28. The third-order valence-corrected chi connectivity index (χ3v) is 2.00. The summed E-state index contributed by atoms with van der Waals surface area (Å²) in [5.74, 6) is 0. The summed E-state index contributed by atoms with van der Waals surface area (Å²) in [6.45, 7) is 4.21. The fourth-order valence-electron chi connectivity index (χ4n) is 1.08. The van der Waals surface area contributed by atoms with Crippen LogP contribution in [0.4, 0.5) is 0 Å². The van der Waals surface area contributed by atoms with Crippen LogP contribution in [0, 0.1) is 0 Å². The van der Waals surface area contributed by atoms with Crippen LogP contribution < -0.4 is 0 Å². The minimum Gasteiger partial charge on any atom is -0.389 e. The van der Waals surface area contributed by atoms with Crippen molar-refractivity contribution in [3.8, 4) is 0 Å². The van der Waals surface area contributed by atoms with Crippen LogP contribution >= 0.6 is 0 Å². The lowest BCUT2D eigenvalue weighted by atomic mass is 10.1. The van der Waals surface area contributed by atoms with E-state index in [0.29, 0.717) is 0 Å². The highest BCUT2D eigenvalue weighted by Gasteiger charge is 1.91. The Bertz CT molecular complexity index is 108. The quantitative estimate of drug-likeness (QED) is 0.459. The largest absolute Gasteiger partial charge is 0.389 e. The van der Waals surface area contributed by atoms with Gasteiger partial charge in [0.15, 0.2) is 0 Å². The Balaban J connectivity index is 3.12. The van der Waals surface area contributed by atoms with Crippen molar-refractivity contribution in [3.05, 3.63) is 12.2 Å². The minimum atomic E-state index is -0.226. The molecular formula is C11H22O. The van der Waals surface area contributed by atoms with Crippen LogP contribution in [0.2, 0.25) is 0 Å². The molecule has 12 heavy (non-hydrogen) atoms. The zero-order valence-electron chi connectivity index (χ0n) is 8.42. The third-order valence-electron chi connectivity index (χ3n) is 2.00. The van der Waals surface area contributed by atoms with Crippen LogP contribution in [0.1, 0.15) is 52.4 Å². The van der Waals surface area contributed by atoms with Gasteiger partial charge in [0.05, 0.1) is 6.10 Å². The normalized spacial score (nSPS) is 13.9. The van der Waals surface area contributed by atoms with Gasteiger partial charge in [-0.05, 0) is 19.3 Å². The highest BCUT2D eigenvalue weighted by molar-refractivity contribution is 4.87. The molecule has 0 radical (unpaired) electrons. The molecule has 0 aromatic rings. The highest BCUT2D eigenvalue weighted by Crippen LogP contribution is 2.03. The Kier molecular flexibility index (Phi) is 8.57. The first kappa shape index (κ1) is 11.7. The molecule has 0 aromatic heterocycles. The summed E-state index contributed by atoms with van der Waals surface area (Å²) in [5, 5.41) is 9.17. The number of aliphatic hydroxyl groups excluding tert-OH is 1. The van der Waals surface area contributed by atoms with Gasteiger partial charge < -0.3 is 5.11 Å². The van der Waals surface area contributed by atoms with Crippen molar-refractivity contribution >= 4 is 0 Å². The van der Waals surface area contributed by atoms with Gasteiger partial charge in [0.25, 0.3) is 0 Å². The van der Waals surface area contributed by atoms with Crippen molar-refractivity contribution in [2.45, 2.75) is 58.5 Å². The molecule has 72 valence electrons. The molecule has 1 N–H and O–H groups in total. The second kappa shape index (κ2) is 8.79. The van der Waals surface area contributed by atoms with Crippen molar-refractivity contribution in [1.82, 2.24) is 0 Å². The van der Waals surface area contributed by atoms with E-state index in [4.69, 9.17) is 0 Å². The van der Waals surface area contributed by atoms with E-state index in [0.717, 1.165) is 12.8 Å². The average Bonchev–Trinajstić information content (AvgIpc) is 2.10. The Morgan fingerprint density at radius 1 is 1.17 bits per heavy atom. The highest BCUT2D eigenvalue weighted by atomic mass is 16.3. The van der Waals surface area contributed by atoms with Gasteiger partial charge in [-0.15, -0.1) is 0 Å². The lowest BCUT2D eigenvalue weighted by Gasteiger charge is -1.98.